The first kappa shape index (κ1) is 22.0. The average Bonchev–Trinajstić information content (AvgIpc) is 2.82. The normalized spacial score (nSPS) is 19.2. The molecule has 1 amide bonds. The minimum atomic E-state index is -3.75. The van der Waals surface area contributed by atoms with Crippen molar-refractivity contribution in [1.82, 2.24) is 14.2 Å². The van der Waals surface area contributed by atoms with E-state index in [0.717, 1.165) is 5.39 Å². The second-order valence-electron chi connectivity index (χ2n) is 8.19. The smallest absolute Gasteiger partial charge is 0.410 e. The number of amides is 1. The molecule has 1 aromatic heterocycles. The van der Waals surface area contributed by atoms with Crippen LogP contribution in [0.5, 0.6) is 0 Å². The Labute approximate surface area is 180 Å². The molecule has 0 bridgehead atoms. The van der Waals surface area contributed by atoms with Gasteiger partial charge in [-0.2, -0.15) is 4.31 Å². The summed E-state index contributed by atoms with van der Waals surface area (Å²) in [6.07, 6.45) is 3.36. The van der Waals surface area contributed by atoms with E-state index in [0.29, 0.717) is 22.8 Å². The van der Waals surface area contributed by atoms with Crippen LogP contribution in [0.1, 0.15) is 34.1 Å². The largest absolute Gasteiger partial charge is 0.444 e. The maximum Gasteiger partial charge on any atom is 0.410 e. The van der Waals surface area contributed by atoms with Crippen molar-refractivity contribution < 1.29 is 17.9 Å². The number of hydrogen-bond donors (Lipinski definition) is 0. The highest BCUT2D eigenvalue weighted by Crippen LogP contribution is 2.31. The van der Waals surface area contributed by atoms with E-state index in [2.05, 4.69) is 20.9 Å². The number of nitrogens with zero attached hydrogens (tertiary/aromatic N) is 3. The summed E-state index contributed by atoms with van der Waals surface area (Å²) in [5, 5.41) is 1.36. The first-order chi connectivity index (χ1) is 13.5. The fraction of sp³-hybridized carbons (Fsp3) is 0.500. The van der Waals surface area contributed by atoms with E-state index in [1.54, 1.807) is 29.4 Å². The van der Waals surface area contributed by atoms with Crippen LogP contribution in [0.2, 0.25) is 0 Å². The SMILES string of the molecule is CC1CCN(S(=O)(=O)c2cccc3cncc(Br)c23)CCN1C(=O)OC(C)(C)C. The average molecular weight is 484 g/mol. The molecule has 1 atom stereocenters. The van der Waals surface area contributed by atoms with Crippen LogP contribution in [-0.2, 0) is 14.8 Å². The quantitative estimate of drug-likeness (QED) is 0.644. The van der Waals surface area contributed by atoms with Crippen LogP contribution in [0.4, 0.5) is 4.79 Å². The lowest BCUT2D eigenvalue weighted by Crippen LogP contribution is -2.43. The number of sulfonamides is 1. The maximum atomic E-state index is 13.5. The molecule has 7 nitrogen and oxygen atoms in total. The maximum absolute atomic E-state index is 13.5. The van der Waals surface area contributed by atoms with Gasteiger partial charge in [0, 0.05) is 53.3 Å². The van der Waals surface area contributed by atoms with Crippen molar-refractivity contribution in [1.29, 1.82) is 0 Å². The van der Waals surface area contributed by atoms with Gasteiger partial charge in [-0.15, -0.1) is 0 Å². The molecule has 1 fully saturated rings. The lowest BCUT2D eigenvalue weighted by atomic mass is 10.2. The summed E-state index contributed by atoms with van der Waals surface area (Å²) in [7, 11) is -3.75. The number of aromatic nitrogens is 1. The molecule has 29 heavy (non-hydrogen) atoms. The van der Waals surface area contributed by atoms with E-state index >= 15 is 0 Å². The third kappa shape index (κ3) is 4.73. The molecule has 158 valence electrons. The van der Waals surface area contributed by atoms with Gasteiger partial charge < -0.3 is 9.64 Å². The zero-order valence-electron chi connectivity index (χ0n) is 17.1. The third-order valence-electron chi connectivity index (χ3n) is 4.86. The first-order valence-electron chi connectivity index (χ1n) is 9.53. The molecule has 2 aromatic rings. The number of halogens is 1. The van der Waals surface area contributed by atoms with Crippen LogP contribution < -0.4 is 0 Å². The highest BCUT2D eigenvalue weighted by Gasteiger charge is 2.34. The number of pyridine rings is 1. The molecule has 0 spiro atoms. The Hall–Kier alpha value is -1.71. The topological polar surface area (TPSA) is 79.8 Å². The highest BCUT2D eigenvalue weighted by molar-refractivity contribution is 9.10. The van der Waals surface area contributed by atoms with Crippen LogP contribution >= 0.6 is 15.9 Å². The van der Waals surface area contributed by atoms with E-state index in [4.69, 9.17) is 4.74 Å². The second-order valence-corrected chi connectivity index (χ2v) is 11.0. The summed E-state index contributed by atoms with van der Waals surface area (Å²) in [6.45, 7) is 8.20. The molecule has 0 saturated carbocycles. The molecule has 0 radical (unpaired) electrons. The number of fused-ring (bicyclic) bond motifs is 1. The fourth-order valence-electron chi connectivity index (χ4n) is 3.38. The molecule has 3 rings (SSSR count). The number of ether oxygens (including phenoxy) is 1. The fourth-order valence-corrected chi connectivity index (χ4v) is 5.76. The van der Waals surface area contributed by atoms with Gasteiger partial charge in [-0.3, -0.25) is 4.98 Å². The minimum Gasteiger partial charge on any atom is -0.444 e. The van der Waals surface area contributed by atoms with Gasteiger partial charge in [-0.05, 0) is 56.1 Å². The van der Waals surface area contributed by atoms with Crippen molar-refractivity contribution in [2.45, 2.75) is 50.7 Å². The van der Waals surface area contributed by atoms with Gasteiger partial charge in [-0.1, -0.05) is 12.1 Å². The Kier molecular flexibility index (Phi) is 6.21. The number of carbonyl (C=O) groups is 1. The number of benzene rings is 1. The Balaban J connectivity index is 1.89. The zero-order valence-corrected chi connectivity index (χ0v) is 19.5. The molecule has 1 aromatic carbocycles. The summed E-state index contributed by atoms with van der Waals surface area (Å²) in [5.74, 6) is 0. The van der Waals surface area contributed by atoms with Crippen LogP contribution in [0.3, 0.4) is 0 Å². The van der Waals surface area contributed by atoms with Gasteiger partial charge in [0.25, 0.3) is 0 Å². The third-order valence-corrected chi connectivity index (χ3v) is 7.41. The van der Waals surface area contributed by atoms with E-state index in [1.165, 1.54) is 4.31 Å². The van der Waals surface area contributed by atoms with E-state index in [9.17, 15) is 13.2 Å². The summed E-state index contributed by atoms with van der Waals surface area (Å²) >= 11 is 3.43. The Bertz CT molecular complexity index is 1010. The lowest BCUT2D eigenvalue weighted by Gasteiger charge is -2.30. The van der Waals surface area contributed by atoms with Crippen molar-refractivity contribution in [3.05, 3.63) is 35.1 Å². The van der Waals surface area contributed by atoms with Gasteiger partial charge in [0.15, 0.2) is 0 Å². The predicted molar refractivity (Wildman–Crippen MR) is 115 cm³/mol. The molecule has 0 N–H and O–H groups in total. The van der Waals surface area contributed by atoms with Crippen LogP contribution in [0, 0.1) is 0 Å². The summed E-state index contributed by atoms with van der Waals surface area (Å²) in [6, 6.07) is 5.05. The summed E-state index contributed by atoms with van der Waals surface area (Å²) in [5.41, 5.74) is -0.599. The van der Waals surface area contributed by atoms with Crippen molar-refractivity contribution in [2.24, 2.45) is 0 Å². The molecule has 2 heterocycles. The van der Waals surface area contributed by atoms with Crippen LogP contribution in [0.15, 0.2) is 40.0 Å². The molecule has 1 aliphatic heterocycles. The monoisotopic (exact) mass is 483 g/mol. The second kappa shape index (κ2) is 8.20. The molecular formula is C20H26BrN3O4S. The first-order valence-corrected chi connectivity index (χ1v) is 11.8. The van der Waals surface area contributed by atoms with Gasteiger partial charge in [-0.25, -0.2) is 13.2 Å². The van der Waals surface area contributed by atoms with Gasteiger partial charge in [0.05, 0.1) is 4.90 Å². The van der Waals surface area contributed by atoms with Gasteiger partial charge in [0.2, 0.25) is 10.0 Å². The molecule has 1 unspecified atom stereocenters. The van der Waals surface area contributed by atoms with E-state index < -0.39 is 21.7 Å². The Morgan fingerprint density at radius 1 is 1.21 bits per heavy atom. The van der Waals surface area contributed by atoms with Crippen LogP contribution in [-0.4, -0.2) is 60.0 Å². The minimum absolute atomic E-state index is 0.117. The Morgan fingerprint density at radius 2 is 1.93 bits per heavy atom. The number of carbonyl (C=O) groups excluding carboxylic acids is 1. The Morgan fingerprint density at radius 3 is 2.62 bits per heavy atom. The molecule has 9 heteroatoms. The summed E-state index contributed by atoms with van der Waals surface area (Å²) in [4.78, 5) is 18.5. The molecule has 0 aliphatic carbocycles. The van der Waals surface area contributed by atoms with Gasteiger partial charge in [0.1, 0.15) is 5.60 Å². The van der Waals surface area contributed by atoms with E-state index in [-0.39, 0.29) is 24.0 Å². The number of hydrogen-bond acceptors (Lipinski definition) is 5. The molecule has 1 aliphatic rings. The zero-order chi connectivity index (χ0) is 21.4. The van der Waals surface area contributed by atoms with Crippen LogP contribution in [0.25, 0.3) is 10.8 Å². The highest BCUT2D eigenvalue weighted by atomic mass is 79.9. The van der Waals surface area contributed by atoms with Gasteiger partial charge >= 0.3 is 6.09 Å². The van der Waals surface area contributed by atoms with Crippen molar-refractivity contribution in [2.75, 3.05) is 19.6 Å². The van der Waals surface area contributed by atoms with Crippen molar-refractivity contribution >= 4 is 42.8 Å². The number of rotatable bonds is 2. The summed E-state index contributed by atoms with van der Waals surface area (Å²) < 4.78 is 34.5. The van der Waals surface area contributed by atoms with E-state index in [1.807, 2.05) is 33.8 Å². The van der Waals surface area contributed by atoms with Crippen molar-refractivity contribution in [3.8, 4) is 0 Å². The lowest BCUT2D eigenvalue weighted by molar-refractivity contribution is 0.0188. The van der Waals surface area contributed by atoms with Crippen molar-refractivity contribution in [3.63, 3.8) is 0 Å². The predicted octanol–water partition coefficient (Wildman–Crippen LogP) is 4.02. The standard InChI is InChI=1S/C20H26BrN3O4S/c1-14-8-9-23(10-11-24(14)19(25)28-20(2,3)4)29(26,27)17-7-5-6-15-12-22-13-16(21)18(15)17/h5-7,12-14H,8-11H2,1-4H3. The molecule has 1 saturated heterocycles. The molecular weight excluding hydrogens is 458 g/mol.